The fourth-order valence-corrected chi connectivity index (χ4v) is 2.76. The van der Waals surface area contributed by atoms with Crippen molar-refractivity contribution >= 4 is 5.97 Å². The van der Waals surface area contributed by atoms with Gasteiger partial charge in [-0.25, -0.2) is 0 Å². The molecule has 2 aromatic rings. The number of carbonyl (C=O) groups excluding carboxylic acids is 1. The van der Waals surface area contributed by atoms with Crippen LogP contribution >= 0.6 is 0 Å². The molecular formula is C17H20N2O4. The minimum atomic E-state index is -0.158. The quantitative estimate of drug-likeness (QED) is 0.787. The van der Waals surface area contributed by atoms with Crippen molar-refractivity contribution in [1.29, 1.82) is 0 Å². The van der Waals surface area contributed by atoms with Gasteiger partial charge in [-0.2, -0.15) is 4.98 Å². The SMILES string of the molecule is COc1ccc(-c2noc(COC(=O)C3CCCCC3)n2)cc1. The normalized spacial score (nSPS) is 15.3. The molecule has 0 saturated heterocycles. The highest BCUT2D eigenvalue weighted by molar-refractivity contribution is 5.72. The van der Waals surface area contributed by atoms with Crippen LogP contribution in [0.1, 0.15) is 38.0 Å². The predicted octanol–water partition coefficient (Wildman–Crippen LogP) is 3.37. The lowest BCUT2D eigenvalue weighted by atomic mass is 9.89. The van der Waals surface area contributed by atoms with E-state index < -0.39 is 0 Å². The lowest BCUT2D eigenvalue weighted by Gasteiger charge is -2.19. The van der Waals surface area contributed by atoms with Gasteiger partial charge in [-0.05, 0) is 37.1 Å². The molecule has 122 valence electrons. The Morgan fingerprint density at radius 3 is 2.65 bits per heavy atom. The van der Waals surface area contributed by atoms with Gasteiger partial charge in [0, 0.05) is 5.56 Å². The van der Waals surface area contributed by atoms with Gasteiger partial charge in [-0.15, -0.1) is 0 Å². The van der Waals surface area contributed by atoms with Crippen molar-refractivity contribution in [2.24, 2.45) is 5.92 Å². The third kappa shape index (κ3) is 3.88. The van der Waals surface area contributed by atoms with Gasteiger partial charge < -0.3 is 14.0 Å². The Bertz CT molecular complexity index is 645. The average Bonchev–Trinajstić information content (AvgIpc) is 3.09. The largest absolute Gasteiger partial charge is 0.497 e. The molecule has 1 heterocycles. The fraction of sp³-hybridized carbons (Fsp3) is 0.471. The molecule has 1 aromatic heterocycles. The number of rotatable bonds is 5. The molecule has 1 aromatic carbocycles. The van der Waals surface area contributed by atoms with Crippen LogP contribution in [0.15, 0.2) is 28.8 Å². The van der Waals surface area contributed by atoms with E-state index in [0.29, 0.717) is 11.7 Å². The van der Waals surface area contributed by atoms with Crippen molar-refractivity contribution < 1.29 is 18.8 Å². The van der Waals surface area contributed by atoms with Crippen LogP contribution in [0.4, 0.5) is 0 Å². The molecule has 0 N–H and O–H groups in total. The van der Waals surface area contributed by atoms with Crippen LogP contribution in [0.5, 0.6) is 5.75 Å². The first-order chi connectivity index (χ1) is 11.3. The van der Waals surface area contributed by atoms with Crippen molar-refractivity contribution in [3.63, 3.8) is 0 Å². The molecular weight excluding hydrogens is 296 g/mol. The Balaban J connectivity index is 1.57. The van der Waals surface area contributed by atoms with E-state index in [0.717, 1.165) is 37.0 Å². The Morgan fingerprint density at radius 2 is 1.96 bits per heavy atom. The van der Waals surface area contributed by atoms with Gasteiger partial charge in [0.15, 0.2) is 6.61 Å². The molecule has 1 aliphatic rings. The Hall–Kier alpha value is -2.37. The topological polar surface area (TPSA) is 74.5 Å². The number of carbonyl (C=O) groups is 1. The maximum Gasteiger partial charge on any atom is 0.309 e. The van der Waals surface area contributed by atoms with Crippen LogP contribution in [-0.4, -0.2) is 23.2 Å². The van der Waals surface area contributed by atoms with Gasteiger partial charge in [-0.3, -0.25) is 4.79 Å². The smallest absolute Gasteiger partial charge is 0.309 e. The van der Waals surface area contributed by atoms with Gasteiger partial charge in [-0.1, -0.05) is 24.4 Å². The molecule has 0 radical (unpaired) electrons. The number of benzene rings is 1. The molecule has 6 nitrogen and oxygen atoms in total. The summed E-state index contributed by atoms with van der Waals surface area (Å²) in [6, 6.07) is 7.35. The van der Waals surface area contributed by atoms with Crippen molar-refractivity contribution in [2.75, 3.05) is 7.11 Å². The van der Waals surface area contributed by atoms with Gasteiger partial charge in [0.1, 0.15) is 5.75 Å². The fourth-order valence-electron chi connectivity index (χ4n) is 2.76. The minimum absolute atomic E-state index is 0.0210. The summed E-state index contributed by atoms with van der Waals surface area (Å²) >= 11 is 0. The molecule has 0 aliphatic heterocycles. The van der Waals surface area contributed by atoms with Gasteiger partial charge in [0.25, 0.3) is 5.89 Å². The number of hydrogen-bond acceptors (Lipinski definition) is 6. The maximum atomic E-state index is 12.0. The van der Waals surface area contributed by atoms with E-state index in [1.54, 1.807) is 7.11 Å². The molecule has 3 rings (SSSR count). The molecule has 1 fully saturated rings. The maximum absolute atomic E-state index is 12.0. The summed E-state index contributed by atoms with van der Waals surface area (Å²) in [5.41, 5.74) is 0.819. The summed E-state index contributed by atoms with van der Waals surface area (Å²) in [5.74, 6) is 1.40. The number of hydrogen-bond donors (Lipinski definition) is 0. The third-order valence-corrected chi connectivity index (χ3v) is 4.09. The summed E-state index contributed by atoms with van der Waals surface area (Å²) in [5, 5.41) is 3.91. The van der Waals surface area contributed by atoms with E-state index >= 15 is 0 Å². The zero-order valence-corrected chi connectivity index (χ0v) is 13.2. The van der Waals surface area contributed by atoms with Crippen LogP contribution < -0.4 is 4.74 Å². The summed E-state index contributed by atoms with van der Waals surface area (Å²) in [7, 11) is 1.61. The molecule has 0 bridgehead atoms. The lowest BCUT2D eigenvalue weighted by Crippen LogP contribution is -2.20. The highest BCUT2D eigenvalue weighted by atomic mass is 16.6. The first-order valence-electron chi connectivity index (χ1n) is 7.90. The van der Waals surface area contributed by atoms with Gasteiger partial charge >= 0.3 is 5.97 Å². The first-order valence-corrected chi connectivity index (χ1v) is 7.90. The first kappa shape index (κ1) is 15.5. The summed E-state index contributed by atoms with van der Waals surface area (Å²) in [4.78, 5) is 16.3. The Morgan fingerprint density at radius 1 is 1.22 bits per heavy atom. The summed E-state index contributed by atoms with van der Waals surface area (Å²) < 4.78 is 15.6. The van der Waals surface area contributed by atoms with E-state index in [2.05, 4.69) is 10.1 Å². The molecule has 0 amide bonds. The van der Waals surface area contributed by atoms with Gasteiger partial charge in [0.05, 0.1) is 13.0 Å². The third-order valence-electron chi connectivity index (χ3n) is 4.09. The molecule has 6 heteroatoms. The Kier molecular flexibility index (Phi) is 4.90. The Labute approximate surface area is 134 Å². The van der Waals surface area contributed by atoms with Crippen LogP contribution in [0.2, 0.25) is 0 Å². The highest BCUT2D eigenvalue weighted by Crippen LogP contribution is 2.25. The number of methoxy groups -OCH3 is 1. The van der Waals surface area contributed by atoms with Crippen LogP contribution in [-0.2, 0) is 16.1 Å². The number of aromatic nitrogens is 2. The van der Waals surface area contributed by atoms with Crippen molar-refractivity contribution in [3.05, 3.63) is 30.2 Å². The number of nitrogens with zero attached hydrogens (tertiary/aromatic N) is 2. The zero-order chi connectivity index (χ0) is 16.1. The minimum Gasteiger partial charge on any atom is -0.497 e. The van der Waals surface area contributed by atoms with E-state index in [4.69, 9.17) is 14.0 Å². The van der Waals surface area contributed by atoms with Crippen LogP contribution in [0.25, 0.3) is 11.4 Å². The predicted molar refractivity (Wildman–Crippen MR) is 82.7 cm³/mol. The molecule has 1 saturated carbocycles. The molecule has 0 atom stereocenters. The second-order valence-corrected chi connectivity index (χ2v) is 5.68. The molecule has 0 spiro atoms. The van der Waals surface area contributed by atoms with E-state index in [9.17, 15) is 4.79 Å². The van der Waals surface area contributed by atoms with Crippen molar-refractivity contribution in [1.82, 2.24) is 10.1 Å². The second kappa shape index (κ2) is 7.26. The summed E-state index contributed by atoms with van der Waals surface area (Å²) in [6.07, 6.45) is 5.24. The number of ether oxygens (including phenoxy) is 2. The zero-order valence-electron chi connectivity index (χ0n) is 13.2. The standard InChI is InChI=1S/C17H20N2O4/c1-21-14-9-7-12(8-10-14)16-18-15(23-19-16)11-22-17(20)13-5-3-2-4-6-13/h7-10,13H,2-6,11H2,1H3. The van der Waals surface area contributed by atoms with E-state index in [-0.39, 0.29) is 18.5 Å². The van der Waals surface area contributed by atoms with Crippen molar-refractivity contribution in [3.8, 4) is 17.1 Å². The van der Waals surface area contributed by atoms with Gasteiger partial charge in [0.2, 0.25) is 5.82 Å². The molecule has 23 heavy (non-hydrogen) atoms. The average molecular weight is 316 g/mol. The lowest BCUT2D eigenvalue weighted by molar-refractivity contribution is -0.151. The second-order valence-electron chi connectivity index (χ2n) is 5.68. The van der Waals surface area contributed by atoms with Crippen LogP contribution in [0.3, 0.4) is 0 Å². The summed E-state index contributed by atoms with van der Waals surface area (Å²) in [6.45, 7) is 0.0263. The highest BCUT2D eigenvalue weighted by Gasteiger charge is 2.23. The van der Waals surface area contributed by atoms with Crippen molar-refractivity contribution in [2.45, 2.75) is 38.7 Å². The van der Waals surface area contributed by atoms with E-state index in [1.807, 2.05) is 24.3 Å². The van der Waals surface area contributed by atoms with Crippen LogP contribution in [0, 0.1) is 5.92 Å². The monoisotopic (exact) mass is 316 g/mol. The van der Waals surface area contributed by atoms with E-state index in [1.165, 1.54) is 6.42 Å². The number of esters is 1. The molecule has 1 aliphatic carbocycles. The molecule has 0 unspecified atom stereocenters.